The molecule has 0 rings (SSSR count). The van der Waals surface area contributed by atoms with Crippen molar-refractivity contribution in [2.24, 2.45) is 9.63 Å². The van der Waals surface area contributed by atoms with Crippen molar-refractivity contribution in [3.05, 3.63) is 0 Å². The zero-order chi connectivity index (χ0) is 7.49. The van der Waals surface area contributed by atoms with Gasteiger partial charge in [-0.1, -0.05) is 22.3 Å². The Bertz CT molecular complexity index is 228. The molecule has 0 aliphatic carbocycles. The van der Waals surface area contributed by atoms with Gasteiger partial charge < -0.3 is 0 Å². The third-order valence-electron chi connectivity index (χ3n) is 0.275. The highest BCUT2D eigenvalue weighted by Crippen LogP contribution is 1.90. The summed E-state index contributed by atoms with van der Waals surface area (Å²) in [5, 5.41) is 1.73. The van der Waals surface area contributed by atoms with E-state index in [0.29, 0.717) is 0 Å². The molecule has 0 unspecified atom stereocenters. The Labute approximate surface area is 57.6 Å². The molecule has 0 aliphatic rings. The summed E-state index contributed by atoms with van der Waals surface area (Å²) in [6, 6.07) is 0. The maximum Gasteiger partial charge on any atom is 0.320 e. The highest BCUT2D eigenvalue weighted by Gasteiger charge is 1.95. The lowest BCUT2D eigenvalue weighted by atomic mass is 11.4. The number of hydrogen-bond donors (Lipinski definition) is 1. The average molecular weight is 168 g/mol. The van der Waals surface area contributed by atoms with Gasteiger partial charge in [0.05, 0.1) is 6.26 Å². The largest absolute Gasteiger partial charge is 0.320 e. The average Bonchev–Trinajstić information content (AvgIpc) is 1.59. The van der Waals surface area contributed by atoms with Crippen LogP contribution in [0.4, 0.5) is 4.79 Å². The molecule has 0 radical (unpaired) electrons. The quantitative estimate of drug-likeness (QED) is 0.456. The number of nitrogens with zero attached hydrogens (tertiary/aromatic N) is 2. The van der Waals surface area contributed by atoms with Gasteiger partial charge in [0.15, 0.2) is 0 Å². The van der Waals surface area contributed by atoms with Crippen LogP contribution < -0.4 is 0 Å². The first-order valence-electron chi connectivity index (χ1n) is 1.78. The second-order valence-corrected chi connectivity index (χ2v) is 3.21. The van der Waals surface area contributed by atoms with Gasteiger partial charge in [-0.25, -0.2) is 8.42 Å². The number of rotatable bonds is 1. The van der Waals surface area contributed by atoms with E-state index in [-0.39, 0.29) is 0 Å². The van der Waals surface area contributed by atoms with Gasteiger partial charge in [-0.05, 0) is 0 Å². The molecule has 7 heteroatoms. The molecule has 0 aliphatic heterocycles. The standard InChI is InChI=1S/C2H4N2O3S2/c1-9(6,7)4-3-2(5)8/h1H3,(H,5,8). The van der Waals surface area contributed by atoms with E-state index in [9.17, 15) is 13.2 Å². The summed E-state index contributed by atoms with van der Waals surface area (Å²) in [6.07, 6.45) is 0.827. The van der Waals surface area contributed by atoms with Crippen molar-refractivity contribution in [1.29, 1.82) is 0 Å². The van der Waals surface area contributed by atoms with Gasteiger partial charge >= 0.3 is 5.24 Å². The van der Waals surface area contributed by atoms with Crippen molar-refractivity contribution in [3.8, 4) is 0 Å². The van der Waals surface area contributed by atoms with E-state index in [1.54, 1.807) is 0 Å². The smallest absolute Gasteiger partial charge is 0.258 e. The SMILES string of the molecule is CS(=O)(=O)N=NC(=O)S. The van der Waals surface area contributed by atoms with E-state index in [0.717, 1.165) is 6.26 Å². The second kappa shape index (κ2) is 2.92. The second-order valence-electron chi connectivity index (χ2n) is 1.20. The van der Waals surface area contributed by atoms with Gasteiger partial charge in [0, 0.05) is 0 Å². The number of amides is 1. The zero-order valence-corrected chi connectivity index (χ0v) is 6.19. The molecular formula is C2H4N2O3S2. The minimum atomic E-state index is -3.53. The molecule has 0 aromatic heterocycles. The maximum atomic E-state index is 10.1. The maximum absolute atomic E-state index is 10.1. The lowest BCUT2D eigenvalue weighted by Gasteiger charge is -1.78. The third-order valence-corrected chi connectivity index (χ3v) is 0.742. The van der Waals surface area contributed by atoms with Gasteiger partial charge in [0.25, 0.3) is 10.0 Å². The Kier molecular flexibility index (Phi) is 2.78. The van der Waals surface area contributed by atoms with E-state index < -0.39 is 15.3 Å². The first-order valence-corrected chi connectivity index (χ1v) is 4.07. The van der Waals surface area contributed by atoms with E-state index in [1.165, 1.54) is 0 Å². The Morgan fingerprint density at radius 1 is 1.56 bits per heavy atom. The summed E-state index contributed by atoms with van der Waals surface area (Å²) in [4.78, 5) is 9.83. The summed E-state index contributed by atoms with van der Waals surface area (Å²) in [7, 11) is -3.53. The van der Waals surface area contributed by atoms with Gasteiger partial charge in [0.1, 0.15) is 0 Å². The third kappa shape index (κ3) is 7.57. The number of sulfonamides is 1. The van der Waals surface area contributed by atoms with Crippen molar-refractivity contribution in [2.75, 3.05) is 6.26 Å². The van der Waals surface area contributed by atoms with Crippen LogP contribution in [-0.4, -0.2) is 19.9 Å². The van der Waals surface area contributed by atoms with Crippen LogP contribution in [0.1, 0.15) is 0 Å². The van der Waals surface area contributed by atoms with Gasteiger partial charge in [-0.2, -0.15) is 0 Å². The topological polar surface area (TPSA) is 75.9 Å². The van der Waals surface area contributed by atoms with Crippen LogP contribution in [-0.2, 0) is 10.0 Å². The Hall–Kier alpha value is -0.430. The molecule has 0 bridgehead atoms. The van der Waals surface area contributed by atoms with Gasteiger partial charge in [-0.3, -0.25) is 4.79 Å². The van der Waals surface area contributed by atoms with E-state index in [2.05, 4.69) is 22.3 Å². The highest BCUT2D eigenvalue weighted by atomic mass is 32.2. The Morgan fingerprint density at radius 2 is 2.00 bits per heavy atom. The van der Waals surface area contributed by atoms with Crippen molar-refractivity contribution in [3.63, 3.8) is 0 Å². The van der Waals surface area contributed by atoms with Crippen molar-refractivity contribution < 1.29 is 13.2 Å². The molecule has 0 spiro atoms. The minimum absolute atomic E-state index is 0.827. The monoisotopic (exact) mass is 168 g/mol. The molecule has 0 heterocycles. The van der Waals surface area contributed by atoms with Gasteiger partial charge in [-0.15, -0.1) is 0 Å². The molecule has 1 amide bonds. The molecule has 0 aromatic rings. The number of thiol groups is 1. The number of carbonyl (C=O) groups excluding carboxylic acids is 1. The normalized spacial score (nSPS) is 12.2. The van der Waals surface area contributed by atoms with E-state index in [4.69, 9.17) is 0 Å². The van der Waals surface area contributed by atoms with E-state index in [1.807, 2.05) is 0 Å². The van der Waals surface area contributed by atoms with Crippen molar-refractivity contribution in [2.45, 2.75) is 0 Å². The molecular weight excluding hydrogens is 164 g/mol. The molecule has 0 saturated carbocycles. The van der Waals surface area contributed by atoms with Crippen molar-refractivity contribution in [1.82, 2.24) is 0 Å². The first kappa shape index (κ1) is 8.57. The molecule has 0 aromatic carbocycles. The van der Waals surface area contributed by atoms with Gasteiger partial charge in [0.2, 0.25) is 0 Å². The fraction of sp³-hybridized carbons (Fsp3) is 0.500. The molecule has 0 saturated heterocycles. The lowest BCUT2D eigenvalue weighted by molar-refractivity contribution is 0.267. The fourth-order valence-electron chi connectivity index (χ4n) is 0.109. The summed E-state index contributed by atoms with van der Waals surface area (Å²) in [5.41, 5.74) is 0. The van der Waals surface area contributed by atoms with Crippen LogP contribution >= 0.6 is 12.6 Å². The molecule has 5 nitrogen and oxygen atoms in total. The van der Waals surface area contributed by atoms with Crippen LogP contribution in [0.3, 0.4) is 0 Å². The molecule has 52 valence electrons. The van der Waals surface area contributed by atoms with Crippen LogP contribution in [0.25, 0.3) is 0 Å². The van der Waals surface area contributed by atoms with Crippen LogP contribution in [0.2, 0.25) is 0 Å². The van der Waals surface area contributed by atoms with Crippen LogP contribution in [0.5, 0.6) is 0 Å². The summed E-state index contributed by atoms with van der Waals surface area (Å²) < 4.78 is 22.8. The molecule has 0 N–H and O–H groups in total. The number of hydrogen-bond acceptors (Lipinski definition) is 3. The predicted molar refractivity (Wildman–Crippen MR) is 34.1 cm³/mol. The molecule has 9 heavy (non-hydrogen) atoms. The zero-order valence-electron chi connectivity index (χ0n) is 4.47. The molecule has 0 atom stereocenters. The highest BCUT2D eigenvalue weighted by molar-refractivity contribution is 7.96. The molecule has 0 fully saturated rings. The lowest BCUT2D eigenvalue weighted by Crippen LogP contribution is -1.88. The first-order chi connectivity index (χ1) is 3.92. The predicted octanol–water partition coefficient (Wildman–Crippen LogP) is 0.448. The van der Waals surface area contributed by atoms with E-state index >= 15 is 0 Å². The Morgan fingerprint density at radius 3 is 2.11 bits per heavy atom. The van der Waals surface area contributed by atoms with Crippen molar-refractivity contribution >= 4 is 27.9 Å². The summed E-state index contributed by atoms with van der Waals surface area (Å²) >= 11 is 3.15. The fourth-order valence-corrected chi connectivity index (χ4v) is 0.437. The van der Waals surface area contributed by atoms with Crippen LogP contribution in [0.15, 0.2) is 9.63 Å². The summed E-state index contributed by atoms with van der Waals surface area (Å²) in [6.45, 7) is 0. The van der Waals surface area contributed by atoms with Crippen LogP contribution in [0, 0.1) is 0 Å². The summed E-state index contributed by atoms with van der Waals surface area (Å²) in [5.74, 6) is 0. The number of carbonyl (C=O) groups is 1. The minimum Gasteiger partial charge on any atom is -0.258 e. The Balaban J connectivity index is 4.21.